The van der Waals surface area contributed by atoms with E-state index in [2.05, 4.69) is 25.7 Å². The first-order valence-electron chi connectivity index (χ1n) is 10.5. The zero-order chi connectivity index (χ0) is 23.6. The van der Waals surface area contributed by atoms with Crippen LogP contribution in [0, 0.1) is 0 Å². The summed E-state index contributed by atoms with van der Waals surface area (Å²) >= 11 is 0. The van der Waals surface area contributed by atoms with Gasteiger partial charge in [-0.2, -0.15) is 23.3 Å². The van der Waals surface area contributed by atoms with Crippen molar-refractivity contribution in [2.75, 3.05) is 44.0 Å². The van der Waals surface area contributed by atoms with E-state index < -0.39 is 11.7 Å². The number of aromatic nitrogens is 4. The summed E-state index contributed by atoms with van der Waals surface area (Å²) in [5.41, 5.74) is 1.43. The minimum absolute atomic E-state index is 0.0211. The van der Waals surface area contributed by atoms with E-state index in [1.165, 1.54) is 7.05 Å². The van der Waals surface area contributed by atoms with Gasteiger partial charge in [0.1, 0.15) is 11.4 Å². The summed E-state index contributed by atoms with van der Waals surface area (Å²) < 4.78 is 46.3. The quantitative estimate of drug-likeness (QED) is 0.580. The van der Waals surface area contributed by atoms with Gasteiger partial charge in [-0.1, -0.05) is 6.07 Å². The van der Waals surface area contributed by atoms with Gasteiger partial charge in [0.15, 0.2) is 0 Å². The molecule has 1 amide bonds. The summed E-state index contributed by atoms with van der Waals surface area (Å²) in [6.45, 7) is 2.31. The Morgan fingerprint density at radius 3 is 2.67 bits per heavy atom. The van der Waals surface area contributed by atoms with Gasteiger partial charge in [0.25, 0.3) is 0 Å². The van der Waals surface area contributed by atoms with Crippen LogP contribution in [0.15, 0.2) is 24.5 Å². The topological polar surface area (TPSA) is 97.2 Å². The van der Waals surface area contributed by atoms with E-state index in [1.807, 2.05) is 6.07 Å². The van der Waals surface area contributed by atoms with Gasteiger partial charge in [-0.15, -0.1) is 0 Å². The Labute approximate surface area is 187 Å². The van der Waals surface area contributed by atoms with Crippen molar-refractivity contribution in [3.8, 4) is 0 Å². The van der Waals surface area contributed by atoms with Gasteiger partial charge in [-0.25, -0.2) is 4.98 Å². The van der Waals surface area contributed by atoms with Gasteiger partial charge in [0.05, 0.1) is 30.6 Å². The average Bonchev–Trinajstić information content (AvgIpc) is 3.20. The lowest BCUT2D eigenvalue weighted by Gasteiger charge is -2.26. The summed E-state index contributed by atoms with van der Waals surface area (Å²) in [5, 5.41) is 10.5. The minimum atomic E-state index is -4.56. The number of nitrogens with zero attached hydrogens (tertiary/aromatic N) is 5. The molecule has 2 aromatic heterocycles. The predicted octanol–water partition coefficient (Wildman–Crippen LogP) is 2.96. The number of hydrogen-bond acceptors (Lipinski definition) is 7. The van der Waals surface area contributed by atoms with Crippen molar-refractivity contribution in [3.05, 3.63) is 35.7 Å². The van der Waals surface area contributed by atoms with E-state index in [0.29, 0.717) is 44.8 Å². The summed E-state index contributed by atoms with van der Waals surface area (Å²) in [7, 11) is 3.17. The number of aryl methyl sites for hydroxylation is 2. The first kappa shape index (κ1) is 22.8. The number of fused-ring (bicyclic) bond motifs is 1. The molecule has 0 aliphatic carbocycles. The maximum absolute atomic E-state index is 13.1. The molecule has 3 aromatic rings. The summed E-state index contributed by atoms with van der Waals surface area (Å²) in [4.78, 5) is 22.1. The monoisotopic (exact) mass is 463 g/mol. The molecule has 2 N–H and O–H groups in total. The number of rotatable bonds is 6. The number of amides is 1. The fraction of sp³-hybridized carbons (Fsp3) is 0.429. The highest BCUT2D eigenvalue weighted by Gasteiger charge is 2.35. The van der Waals surface area contributed by atoms with Crippen LogP contribution in [0.2, 0.25) is 0 Å². The van der Waals surface area contributed by atoms with Crippen molar-refractivity contribution < 1.29 is 22.7 Å². The number of hydrogen-bond donors (Lipinski definition) is 2. The smallest absolute Gasteiger partial charge is 0.378 e. The Balaban J connectivity index is 1.56. The van der Waals surface area contributed by atoms with Crippen molar-refractivity contribution >= 4 is 34.3 Å². The van der Waals surface area contributed by atoms with E-state index in [4.69, 9.17) is 4.74 Å². The minimum Gasteiger partial charge on any atom is -0.378 e. The molecule has 9 nitrogen and oxygen atoms in total. The largest absolute Gasteiger partial charge is 0.421 e. The number of morpholine rings is 1. The second-order valence-electron chi connectivity index (χ2n) is 7.62. The number of ether oxygens (including phenoxy) is 1. The van der Waals surface area contributed by atoms with Crippen LogP contribution in [0.4, 0.5) is 30.6 Å². The molecule has 1 aromatic carbocycles. The predicted molar refractivity (Wildman–Crippen MR) is 116 cm³/mol. The summed E-state index contributed by atoms with van der Waals surface area (Å²) in [6, 6.07) is 3.67. The van der Waals surface area contributed by atoms with Crippen LogP contribution in [-0.2, 0) is 29.2 Å². The molecule has 0 bridgehead atoms. The third-order valence-electron chi connectivity index (χ3n) is 5.53. The average molecular weight is 463 g/mol. The molecule has 1 aliphatic rings. The normalized spacial score (nSPS) is 14.5. The van der Waals surface area contributed by atoms with Crippen LogP contribution in [-0.4, -0.2) is 63.9 Å². The van der Waals surface area contributed by atoms with E-state index in [9.17, 15) is 18.0 Å². The number of benzene rings is 1. The Morgan fingerprint density at radius 2 is 1.97 bits per heavy atom. The third-order valence-corrected chi connectivity index (χ3v) is 5.53. The zero-order valence-electron chi connectivity index (χ0n) is 18.2. The number of alkyl halides is 3. The lowest BCUT2D eigenvalue weighted by atomic mass is 10.0. The van der Waals surface area contributed by atoms with Crippen molar-refractivity contribution in [2.45, 2.75) is 19.0 Å². The van der Waals surface area contributed by atoms with Crippen LogP contribution >= 0.6 is 0 Å². The van der Waals surface area contributed by atoms with E-state index in [1.54, 1.807) is 28.9 Å². The van der Waals surface area contributed by atoms with Gasteiger partial charge in [-0.05, 0) is 18.1 Å². The molecular formula is C21H24F3N7O2. The number of halogens is 3. The maximum Gasteiger partial charge on any atom is 0.421 e. The second kappa shape index (κ2) is 9.22. The summed E-state index contributed by atoms with van der Waals surface area (Å²) in [5.74, 6) is -0.220. The van der Waals surface area contributed by atoms with Crippen LogP contribution in [0.3, 0.4) is 0 Å². The van der Waals surface area contributed by atoms with E-state index in [0.717, 1.165) is 22.7 Å². The fourth-order valence-corrected chi connectivity index (χ4v) is 3.85. The van der Waals surface area contributed by atoms with Gasteiger partial charge in [-0.3, -0.25) is 9.48 Å². The Morgan fingerprint density at radius 1 is 1.21 bits per heavy atom. The van der Waals surface area contributed by atoms with Crippen molar-refractivity contribution in [1.82, 2.24) is 24.6 Å². The fourth-order valence-electron chi connectivity index (χ4n) is 3.85. The molecule has 0 unspecified atom stereocenters. The Kier molecular flexibility index (Phi) is 6.36. The van der Waals surface area contributed by atoms with Gasteiger partial charge in [0.2, 0.25) is 11.9 Å². The third kappa shape index (κ3) is 4.85. The molecule has 1 saturated heterocycles. The lowest BCUT2D eigenvalue weighted by molar-refractivity contribution is -0.137. The molecule has 33 heavy (non-hydrogen) atoms. The molecule has 176 valence electrons. The van der Waals surface area contributed by atoms with E-state index >= 15 is 0 Å². The molecule has 0 spiro atoms. The molecule has 0 saturated carbocycles. The Hall–Kier alpha value is -3.41. The maximum atomic E-state index is 13.1. The first-order valence-corrected chi connectivity index (χ1v) is 10.5. The molecule has 3 heterocycles. The van der Waals surface area contributed by atoms with Crippen LogP contribution in [0.25, 0.3) is 10.9 Å². The molecule has 0 radical (unpaired) electrons. The van der Waals surface area contributed by atoms with Crippen molar-refractivity contribution in [2.24, 2.45) is 7.05 Å². The van der Waals surface area contributed by atoms with Crippen molar-refractivity contribution in [3.63, 3.8) is 0 Å². The molecule has 12 heteroatoms. The standard InChI is InChI=1S/C21H24F3N7O2/c1-25-19-15(21(22,23)24)12-26-20(29-19)28-16-5-3-13(18-14(16)11-27-30(18)2)4-6-17(32)31-7-9-33-10-8-31/h3,5,11-12H,4,6-10H2,1-2H3,(H2,25,26,28,29). The second-order valence-corrected chi connectivity index (χ2v) is 7.62. The van der Waals surface area contributed by atoms with Gasteiger partial charge >= 0.3 is 6.18 Å². The van der Waals surface area contributed by atoms with Crippen LogP contribution in [0.5, 0.6) is 0 Å². The van der Waals surface area contributed by atoms with Crippen LogP contribution in [0.1, 0.15) is 17.5 Å². The highest BCUT2D eigenvalue weighted by atomic mass is 19.4. The molecule has 1 aliphatic heterocycles. The SMILES string of the molecule is CNc1nc(Nc2ccc(CCC(=O)N3CCOCC3)c3c2cnn3C)ncc1C(F)(F)F. The molecule has 1 fully saturated rings. The zero-order valence-corrected chi connectivity index (χ0v) is 18.2. The highest BCUT2D eigenvalue weighted by molar-refractivity contribution is 5.95. The molecule has 0 atom stereocenters. The molecule has 4 rings (SSSR count). The number of carbonyl (C=O) groups is 1. The van der Waals surface area contributed by atoms with Crippen molar-refractivity contribution in [1.29, 1.82) is 0 Å². The summed E-state index contributed by atoms with van der Waals surface area (Å²) in [6.07, 6.45) is -1.26. The van der Waals surface area contributed by atoms with Gasteiger partial charge in [0, 0.05) is 45.2 Å². The van der Waals surface area contributed by atoms with Gasteiger partial charge < -0.3 is 20.3 Å². The number of anilines is 3. The first-order chi connectivity index (χ1) is 15.8. The highest BCUT2D eigenvalue weighted by Crippen LogP contribution is 2.34. The number of nitrogens with one attached hydrogen (secondary N) is 2. The van der Waals surface area contributed by atoms with E-state index in [-0.39, 0.29) is 17.7 Å². The molecular weight excluding hydrogens is 439 g/mol. The number of carbonyl (C=O) groups excluding carboxylic acids is 1. The lowest BCUT2D eigenvalue weighted by Crippen LogP contribution is -2.40. The van der Waals surface area contributed by atoms with Crippen LogP contribution < -0.4 is 10.6 Å². The Bertz CT molecular complexity index is 1160.